The molecule has 8 nitrogen and oxygen atoms in total. The third-order valence-electron chi connectivity index (χ3n) is 5.16. The number of anilines is 1. The zero-order valence-electron chi connectivity index (χ0n) is 17.7. The van der Waals surface area contributed by atoms with Crippen LogP contribution in [0.5, 0.6) is 0 Å². The SMILES string of the molecule is CCCCc1ccc(-n2nc3ccc(NC(=O)Cc4ccc([N+](=O)[O-])cc4)cc3n2)cc1. The van der Waals surface area contributed by atoms with Crippen LogP contribution < -0.4 is 5.32 Å². The molecular weight excluding hydrogens is 406 g/mol. The second kappa shape index (κ2) is 9.38. The summed E-state index contributed by atoms with van der Waals surface area (Å²) in [6, 6.07) is 19.5. The maximum absolute atomic E-state index is 12.4. The molecule has 1 aromatic heterocycles. The number of nitrogens with zero attached hydrogens (tertiary/aromatic N) is 4. The summed E-state index contributed by atoms with van der Waals surface area (Å²) in [5.74, 6) is -0.215. The topological polar surface area (TPSA) is 103 Å². The maximum Gasteiger partial charge on any atom is 0.269 e. The van der Waals surface area contributed by atoms with Crippen molar-refractivity contribution in [2.45, 2.75) is 32.6 Å². The van der Waals surface area contributed by atoms with Gasteiger partial charge in [0.2, 0.25) is 5.91 Å². The Hall–Kier alpha value is -4.07. The summed E-state index contributed by atoms with van der Waals surface area (Å²) in [5, 5.41) is 22.7. The van der Waals surface area contributed by atoms with Crippen LogP contribution in [0.3, 0.4) is 0 Å². The van der Waals surface area contributed by atoms with Gasteiger partial charge in [0.25, 0.3) is 5.69 Å². The third-order valence-corrected chi connectivity index (χ3v) is 5.16. The second-order valence-corrected chi connectivity index (χ2v) is 7.61. The molecule has 0 spiro atoms. The predicted molar refractivity (Wildman–Crippen MR) is 123 cm³/mol. The van der Waals surface area contributed by atoms with Crippen LogP contribution in [0.4, 0.5) is 11.4 Å². The van der Waals surface area contributed by atoms with E-state index in [-0.39, 0.29) is 18.0 Å². The Balaban J connectivity index is 1.44. The van der Waals surface area contributed by atoms with Crippen molar-refractivity contribution in [2.24, 2.45) is 0 Å². The van der Waals surface area contributed by atoms with Gasteiger partial charge < -0.3 is 5.32 Å². The molecule has 0 atom stereocenters. The number of benzene rings is 3. The number of aromatic nitrogens is 3. The van der Waals surface area contributed by atoms with E-state index in [1.807, 2.05) is 18.2 Å². The fourth-order valence-electron chi connectivity index (χ4n) is 3.41. The largest absolute Gasteiger partial charge is 0.326 e. The number of fused-ring (bicyclic) bond motifs is 1. The predicted octanol–water partition coefficient (Wildman–Crippen LogP) is 4.85. The Morgan fingerprint density at radius 1 is 0.969 bits per heavy atom. The Labute approximate surface area is 185 Å². The van der Waals surface area contributed by atoms with Crippen LogP contribution in [0.1, 0.15) is 30.9 Å². The van der Waals surface area contributed by atoms with Crippen LogP contribution in [0, 0.1) is 10.1 Å². The van der Waals surface area contributed by atoms with Crippen molar-refractivity contribution in [1.82, 2.24) is 15.0 Å². The molecule has 0 aliphatic carbocycles. The monoisotopic (exact) mass is 429 g/mol. The maximum atomic E-state index is 12.4. The minimum absolute atomic E-state index is 0.00158. The molecule has 4 aromatic rings. The quantitative estimate of drug-likeness (QED) is 0.318. The van der Waals surface area contributed by atoms with Crippen molar-refractivity contribution in [1.29, 1.82) is 0 Å². The van der Waals surface area contributed by atoms with E-state index in [9.17, 15) is 14.9 Å². The molecule has 0 aliphatic heterocycles. The fraction of sp³-hybridized carbons (Fsp3) is 0.208. The van der Waals surface area contributed by atoms with Crippen molar-refractivity contribution in [2.75, 3.05) is 5.32 Å². The van der Waals surface area contributed by atoms with Crippen LogP contribution in [0.25, 0.3) is 16.7 Å². The number of aryl methyl sites for hydroxylation is 1. The summed E-state index contributed by atoms with van der Waals surface area (Å²) in [6.07, 6.45) is 3.52. The van der Waals surface area contributed by atoms with E-state index in [2.05, 4.69) is 34.6 Å². The average Bonchev–Trinajstić information content (AvgIpc) is 3.21. The van der Waals surface area contributed by atoms with Gasteiger partial charge in [0.05, 0.1) is 17.0 Å². The van der Waals surface area contributed by atoms with Gasteiger partial charge in [0.15, 0.2) is 0 Å². The number of non-ortho nitro benzene ring substituents is 1. The molecule has 3 aromatic carbocycles. The summed E-state index contributed by atoms with van der Waals surface area (Å²) < 4.78 is 0. The summed E-state index contributed by atoms with van der Waals surface area (Å²) >= 11 is 0. The molecule has 1 N–H and O–H groups in total. The first-order valence-electron chi connectivity index (χ1n) is 10.5. The smallest absolute Gasteiger partial charge is 0.269 e. The molecule has 0 unspecified atom stereocenters. The molecule has 0 saturated carbocycles. The molecule has 0 saturated heterocycles. The molecule has 8 heteroatoms. The number of nitrogens with one attached hydrogen (secondary N) is 1. The molecule has 0 fully saturated rings. The standard InChI is InChI=1S/C24H23N5O3/c1-2-3-4-17-5-10-20(11-6-17)28-26-22-14-9-19(16-23(22)27-28)25-24(30)15-18-7-12-21(13-8-18)29(31)32/h5-14,16H,2-4,15H2,1H3,(H,25,30). The number of rotatable bonds is 8. The van der Waals surface area contributed by atoms with Gasteiger partial charge in [-0.2, -0.15) is 4.80 Å². The molecule has 32 heavy (non-hydrogen) atoms. The first kappa shape index (κ1) is 21.2. The molecular formula is C24H23N5O3. The lowest BCUT2D eigenvalue weighted by atomic mass is 10.1. The highest BCUT2D eigenvalue weighted by molar-refractivity contribution is 5.94. The van der Waals surface area contributed by atoms with Gasteiger partial charge in [-0.25, -0.2) is 0 Å². The molecule has 0 radical (unpaired) electrons. The minimum Gasteiger partial charge on any atom is -0.326 e. The van der Waals surface area contributed by atoms with E-state index in [4.69, 9.17) is 0 Å². The number of amides is 1. The second-order valence-electron chi connectivity index (χ2n) is 7.61. The van der Waals surface area contributed by atoms with Gasteiger partial charge >= 0.3 is 0 Å². The lowest BCUT2D eigenvalue weighted by Gasteiger charge is -2.05. The van der Waals surface area contributed by atoms with E-state index in [1.54, 1.807) is 29.1 Å². The Morgan fingerprint density at radius 3 is 2.34 bits per heavy atom. The van der Waals surface area contributed by atoms with Gasteiger partial charge in [-0.15, -0.1) is 10.2 Å². The van der Waals surface area contributed by atoms with Crippen LogP contribution in [-0.2, 0) is 17.6 Å². The lowest BCUT2D eigenvalue weighted by Crippen LogP contribution is -2.14. The molecule has 0 aliphatic rings. The molecule has 4 rings (SSSR count). The fourth-order valence-corrected chi connectivity index (χ4v) is 3.41. The van der Waals surface area contributed by atoms with Gasteiger partial charge in [-0.3, -0.25) is 14.9 Å². The highest BCUT2D eigenvalue weighted by Crippen LogP contribution is 2.19. The van der Waals surface area contributed by atoms with E-state index >= 15 is 0 Å². The van der Waals surface area contributed by atoms with Crippen molar-refractivity contribution < 1.29 is 9.72 Å². The summed E-state index contributed by atoms with van der Waals surface area (Å²) in [7, 11) is 0. The Morgan fingerprint density at radius 2 is 1.66 bits per heavy atom. The molecule has 162 valence electrons. The number of hydrogen-bond acceptors (Lipinski definition) is 5. The van der Waals surface area contributed by atoms with Crippen LogP contribution >= 0.6 is 0 Å². The number of nitro benzene ring substituents is 1. The summed E-state index contributed by atoms with van der Waals surface area (Å²) in [5.41, 5.74) is 4.89. The molecule has 0 bridgehead atoms. The van der Waals surface area contributed by atoms with E-state index < -0.39 is 4.92 Å². The molecule has 1 amide bonds. The average molecular weight is 429 g/mol. The van der Waals surface area contributed by atoms with Crippen LogP contribution in [0.15, 0.2) is 66.7 Å². The van der Waals surface area contributed by atoms with Crippen molar-refractivity contribution in [3.63, 3.8) is 0 Å². The first-order chi connectivity index (χ1) is 15.5. The normalized spacial score (nSPS) is 10.9. The first-order valence-corrected chi connectivity index (χ1v) is 10.5. The zero-order chi connectivity index (χ0) is 22.5. The third kappa shape index (κ3) is 4.97. The van der Waals surface area contributed by atoms with E-state index in [0.717, 1.165) is 17.6 Å². The van der Waals surface area contributed by atoms with E-state index in [0.29, 0.717) is 16.8 Å². The Bertz CT molecular complexity index is 1250. The number of hydrogen-bond donors (Lipinski definition) is 1. The van der Waals surface area contributed by atoms with Gasteiger partial charge in [0.1, 0.15) is 11.0 Å². The number of nitro groups is 1. The van der Waals surface area contributed by atoms with Crippen molar-refractivity contribution in [3.8, 4) is 5.69 Å². The van der Waals surface area contributed by atoms with Gasteiger partial charge in [-0.1, -0.05) is 37.6 Å². The minimum atomic E-state index is -0.465. The Kier molecular flexibility index (Phi) is 6.21. The summed E-state index contributed by atoms with van der Waals surface area (Å²) in [4.78, 5) is 24.3. The number of carbonyl (C=O) groups is 1. The highest BCUT2D eigenvalue weighted by Gasteiger charge is 2.10. The van der Waals surface area contributed by atoms with Crippen LogP contribution in [0.2, 0.25) is 0 Å². The van der Waals surface area contributed by atoms with Crippen LogP contribution in [-0.4, -0.2) is 25.8 Å². The molecule has 1 heterocycles. The highest BCUT2D eigenvalue weighted by atomic mass is 16.6. The van der Waals surface area contributed by atoms with E-state index in [1.165, 1.54) is 30.5 Å². The van der Waals surface area contributed by atoms with Crippen molar-refractivity contribution in [3.05, 3.63) is 88.0 Å². The number of unbranched alkanes of at least 4 members (excludes halogenated alkanes) is 1. The van der Waals surface area contributed by atoms with Crippen molar-refractivity contribution >= 4 is 28.3 Å². The summed E-state index contributed by atoms with van der Waals surface area (Å²) in [6.45, 7) is 2.18. The number of carbonyl (C=O) groups excluding carboxylic acids is 1. The zero-order valence-corrected chi connectivity index (χ0v) is 17.7. The van der Waals surface area contributed by atoms with Gasteiger partial charge in [-0.05, 0) is 54.3 Å². The van der Waals surface area contributed by atoms with Gasteiger partial charge in [0, 0.05) is 17.8 Å². The lowest BCUT2D eigenvalue weighted by molar-refractivity contribution is -0.384.